The zero-order chi connectivity index (χ0) is 28.0. The van der Waals surface area contributed by atoms with Gasteiger partial charge in [-0.15, -0.1) is 0 Å². The Hall–Kier alpha value is -1.86. The maximum atomic E-state index is 5.67. The third kappa shape index (κ3) is 21.9. The zero-order valence-corrected chi connectivity index (χ0v) is 24.4. The maximum Gasteiger partial charge on any atom is 0.0943 e. The molecule has 0 amide bonds. The minimum Gasteiger partial charge on any atom is -0.379 e. The van der Waals surface area contributed by atoms with Gasteiger partial charge in [-0.05, 0) is 41.3 Å². The van der Waals surface area contributed by atoms with Gasteiger partial charge in [0, 0.05) is 71.1 Å². The number of aromatic amines is 1. The summed E-state index contributed by atoms with van der Waals surface area (Å²) >= 11 is 0. The second-order valence-corrected chi connectivity index (χ2v) is 9.98. The van der Waals surface area contributed by atoms with E-state index >= 15 is 0 Å². The molecule has 11 heteroatoms. The molecule has 37 heavy (non-hydrogen) atoms. The van der Waals surface area contributed by atoms with E-state index in [-0.39, 0.29) is 11.2 Å². The largest absolute Gasteiger partial charge is 0.379 e. The highest BCUT2D eigenvalue weighted by atomic mass is 16.5. The Bertz CT molecular complexity index is 668. The van der Waals surface area contributed by atoms with Gasteiger partial charge in [-0.3, -0.25) is 4.90 Å². The van der Waals surface area contributed by atoms with Crippen LogP contribution in [0.4, 0.5) is 0 Å². The minimum absolute atomic E-state index is 0.275. The number of hydrogen-bond donors (Lipinski definition) is 3. The van der Waals surface area contributed by atoms with Crippen molar-refractivity contribution >= 4 is 0 Å². The fourth-order valence-electron chi connectivity index (χ4n) is 2.94. The highest BCUT2D eigenvalue weighted by molar-refractivity contribution is 4.78. The van der Waals surface area contributed by atoms with E-state index in [1.165, 1.54) is 6.54 Å². The number of H-pyrrole nitrogens is 1. The number of nitrogens with zero attached hydrogens (tertiary/aromatic N) is 5. The number of likely N-dealkylation sites (N-methyl/N-ethyl adjacent to an activating group) is 2. The minimum atomic E-state index is -0.275. The quantitative estimate of drug-likeness (QED) is 0.531. The van der Waals surface area contributed by atoms with Gasteiger partial charge in [0.2, 0.25) is 0 Å². The maximum absolute atomic E-state index is 5.67. The molecule has 4 rings (SSSR count). The van der Waals surface area contributed by atoms with Crippen molar-refractivity contribution in [2.24, 2.45) is 18.5 Å². The van der Waals surface area contributed by atoms with E-state index in [1.807, 2.05) is 45.5 Å². The van der Waals surface area contributed by atoms with E-state index in [0.29, 0.717) is 13.1 Å². The van der Waals surface area contributed by atoms with Crippen LogP contribution < -0.4 is 11.5 Å². The monoisotopic (exact) mass is 526 g/mol. The average molecular weight is 527 g/mol. The van der Waals surface area contributed by atoms with Gasteiger partial charge in [-0.25, -0.2) is 9.97 Å². The second kappa shape index (κ2) is 21.1. The molecular weight excluding hydrogens is 472 g/mol. The molecule has 0 spiro atoms. The Kier molecular flexibility index (Phi) is 20.1. The Morgan fingerprint density at radius 3 is 1.62 bits per heavy atom. The first-order chi connectivity index (χ1) is 17.5. The van der Waals surface area contributed by atoms with E-state index < -0.39 is 0 Å². The van der Waals surface area contributed by atoms with Crippen LogP contribution in [0.2, 0.25) is 0 Å². The van der Waals surface area contributed by atoms with Crippen LogP contribution in [0.3, 0.4) is 0 Å². The number of rotatable bonds is 5. The molecule has 2 aromatic heterocycles. The van der Waals surface area contributed by atoms with Gasteiger partial charge in [-0.1, -0.05) is 6.92 Å². The molecule has 0 saturated carbocycles. The van der Waals surface area contributed by atoms with Crippen LogP contribution >= 0.6 is 0 Å². The second-order valence-electron chi connectivity index (χ2n) is 9.98. The van der Waals surface area contributed by atoms with E-state index in [0.717, 1.165) is 52.6 Å². The lowest BCUT2D eigenvalue weighted by molar-refractivity contribution is -0.111. The molecule has 0 atom stereocenters. The molecule has 2 aromatic rings. The van der Waals surface area contributed by atoms with Crippen LogP contribution in [0.15, 0.2) is 37.4 Å². The predicted molar refractivity (Wildman–Crippen MR) is 150 cm³/mol. The van der Waals surface area contributed by atoms with Crippen LogP contribution in [0, 0.1) is 0 Å². The molecule has 2 saturated heterocycles. The number of aromatic nitrogens is 4. The highest BCUT2D eigenvalue weighted by Crippen LogP contribution is 2.17. The molecule has 0 aliphatic carbocycles. The summed E-state index contributed by atoms with van der Waals surface area (Å²) in [5.74, 6) is 0. The van der Waals surface area contributed by atoms with E-state index in [9.17, 15) is 0 Å². The molecular formula is C26H54N8O3. The molecule has 2 aliphatic rings. The number of ether oxygens (including phenoxy) is 3. The third-order valence-electron chi connectivity index (χ3n) is 5.36. The molecule has 5 N–H and O–H groups in total. The highest BCUT2D eigenvalue weighted by Gasteiger charge is 2.26. The summed E-state index contributed by atoms with van der Waals surface area (Å²) in [4.78, 5) is 14.9. The Morgan fingerprint density at radius 2 is 1.41 bits per heavy atom. The van der Waals surface area contributed by atoms with Crippen molar-refractivity contribution < 1.29 is 14.2 Å². The lowest BCUT2D eigenvalue weighted by Crippen LogP contribution is -2.45. The van der Waals surface area contributed by atoms with Crippen molar-refractivity contribution in [2.45, 2.75) is 45.8 Å². The average Bonchev–Trinajstić information content (AvgIpc) is 3.63. The van der Waals surface area contributed by atoms with Crippen LogP contribution in [0.5, 0.6) is 0 Å². The summed E-state index contributed by atoms with van der Waals surface area (Å²) in [5.41, 5.74) is 10.5. The number of hydrogen-bond acceptors (Lipinski definition) is 9. The number of morpholine rings is 2. The van der Waals surface area contributed by atoms with Gasteiger partial charge in [-0.2, -0.15) is 0 Å². The Labute approximate surface area is 224 Å². The molecule has 0 aromatic carbocycles. The molecule has 216 valence electrons. The number of aryl methyl sites for hydroxylation is 1. The molecule has 4 heterocycles. The first kappa shape index (κ1) is 35.1. The van der Waals surface area contributed by atoms with Gasteiger partial charge in [0.05, 0.1) is 50.3 Å². The normalized spacial score (nSPS) is 16.5. The molecule has 11 nitrogen and oxygen atoms in total. The fraction of sp³-hybridized carbons (Fsp3) is 0.769. The Balaban J connectivity index is 0.000000448. The summed E-state index contributed by atoms with van der Waals surface area (Å²) in [7, 11) is 4.05. The van der Waals surface area contributed by atoms with E-state index in [2.05, 4.69) is 38.7 Å². The molecule has 0 bridgehead atoms. The first-order valence-corrected chi connectivity index (χ1v) is 13.1. The van der Waals surface area contributed by atoms with Gasteiger partial charge < -0.3 is 40.1 Å². The summed E-state index contributed by atoms with van der Waals surface area (Å²) in [6.07, 6.45) is 10.5. The van der Waals surface area contributed by atoms with Crippen LogP contribution in [-0.2, 0) is 21.3 Å². The van der Waals surface area contributed by atoms with Crippen molar-refractivity contribution in [3.63, 3.8) is 0 Å². The summed E-state index contributed by atoms with van der Waals surface area (Å²) in [6, 6.07) is 0. The lowest BCUT2D eigenvalue weighted by Gasteiger charge is -2.34. The van der Waals surface area contributed by atoms with E-state index in [4.69, 9.17) is 25.7 Å². The summed E-state index contributed by atoms with van der Waals surface area (Å²) in [6.45, 7) is 20.3. The van der Waals surface area contributed by atoms with Crippen LogP contribution in [-0.4, -0.2) is 120 Å². The van der Waals surface area contributed by atoms with Crippen molar-refractivity contribution in [3.05, 3.63) is 37.4 Å². The lowest BCUT2D eigenvalue weighted by atomic mass is 10.1. The van der Waals surface area contributed by atoms with Crippen LogP contribution in [0.25, 0.3) is 0 Å². The van der Waals surface area contributed by atoms with Crippen molar-refractivity contribution in [1.82, 2.24) is 29.3 Å². The molecule has 2 fully saturated rings. The van der Waals surface area contributed by atoms with Gasteiger partial charge in [0.15, 0.2) is 0 Å². The predicted octanol–water partition coefficient (Wildman–Crippen LogP) is 1.59. The summed E-state index contributed by atoms with van der Waals surface area (Å²) < 4.78 is 17.8. The topological polar surface area (TPSA) is 133 Å². The smallest absolute Gasteiger partial charge is 0.0943 e. The van der Waals surface area contributed by atoms with Gasteiger partial charge in [0.25, 0.3) is 0 Å². The zero-order valence-electron chi connectivity index (χ0n) is 24.4. The number of nitrogens with two attached hydrogens (primary N) is 2. The fourth-order valence-corrected chi connectivity index (χ4v) is 2.94. The van der Waals surface area contributed by atoms with Crippen molar-refractivity contribution in [3.8, 4) is 0 Å². The molecule has 2 aliphatic heterocycles. The standard InChI is InChI=1S/C8H20N2O.C6H13NO.C5H11NO.C4H6N2.C3H4N2/c1-7(2,5-9)11-8(3,4)6-10;1-2-7-3-5-8-6-4-7;1-6-2-4-7-5-3-6;1-6-3-2-5-4-6;1-2-5-3-4-1/h5-6,9-10H2,1-4H3;2-6H2,1H3;2-5H2,1H3;2-4H,1H3;1-3H,(H,4,5). The first-order valence-electron chi connectivity index (χ1n) is 13.1. The third-order valence-corrected chi connectivity index (χ3v) is 5.36. The number of imidazole rings is 2. The van der Waals surface area contributed by atoms with Crippen molar-refractivity contribution in [2.75, 3.05) is 79.3 Å². The molecule has 0 unspecified atom stereocenters. The van der Waals surface area contributed by atoms with Gasteiger partial charge in [0.1, 0.15) is 0 Å². The Morgan fingerprint density at radius 1 is 0.865 bits per heavy atom. The van der Waals surface area contributed by atoms with Gasteiger partial charge >= 0.3 is 0 Å². The summed E-state index contributed by atoms with van der Waals surface area (Å²) in [5, 5.41) is 0. The molecule has 0 radical (unpaired) electrons. The van der Waals surface area contributed by atoms with Crippen molar-refractivity contribution in [1.29, 1.82) is 0 Å². The van der Waals surface area contributed by atoms with E-state index in [1.54, 1.807) is 31.2 Å². The number of nitrogens with one attached hydrogen (secondary N) is 1. The SMILES string of the molecule is CC(C)(CN)OC(C)(C)CN.CCN1CCOCC1.CN1CCOCC1.Cn1ccnc1.c1c[nH]cn1. The van der Waals surface area contributed by atoms with Crippen LogP contribution in [0.1, 0.15) is 34.6 Å².